The molecule has 0 aliphatic carbocycles. The van der Waals surface area contributed by atoms with Crippen molar-refractivity contribution in [2.45, 2.75) is 46.8 Å². The zero-order chi connectivity index (χ0) is 16.2. The summed E-state index contributed by atoms with van der Waals surface area (Å²) in [6.45, 7) is 11.6. The Labute approximate surface area is 135 Å². The normalized spacial score (nSPS) is 14.5. The second kappa shape index (κ2) is 11.1. The minimum atomic E-state index is 0.399. The Bertz CT molecular complexity index is 420. The highest BCUT2D eigenvalue weighted by Crippen LogP contribution is 2.03. The standard InChI is InChI=1S/C18H31N3O/c1-5-16(4)21-18(19-6-2)20-12-15(3)13-22-14-17-10-8-7-9-11-17/h7-11,15-16H,5-6,12-14H2,1-4H3,(H2,19,20,21). The summed E-state index contributed by atoms with van der Waals surface area (Å²) in [6, 6.07) is 10.7. The van der Waals surface area contributed by atoms with E-state index in [-0.39, 0.29) is 0 Å². The SMILES string of the molecule is CCNC(=NCC(C)COCc1ccccc1)NC(C)CC. The molecule has 2 N–H and O–H groups in total. The van der Waals surface area contributed by atoms with Gasteiger partial charge in [0.1, 0.15) is 0 Å². The number of aliphatic imine (C=N–C) groups is 1. The van der Waals surface area contributed by atoms with Crippen LogP contribution < -0.4 is 10.6 Å². The first kappa shape index (κ1) is 18.5. The summed E-state index contributed by atoms with van der Waals surface area (Å²) >= 11 is 0. The Morgan fingerprint density at radius 3 is 2.55 bits per heavy atom. The Morgan fingerprint density at radius 2 is 1.91 bits per heavy atom. The van der Waals surface area contributed by atoms with Crippen molar-refractivity contribution in [1.82, 2.24) is 10.6 Å². The van der Waals surface area contributed by atoms with Crippen molar-refractivity contribution in [3.8, 4) is 0 Å². The molecule has 0 bridgehead atoms. The number of nitrogens with zero attached hydrogens (tertiary/aromatic N) is 1. The lowest BCUT2D eigenvalue weighted by Crippen LogP contribution is -2.42. The Hall–Kier alpha value is -1.55. The van der Waals surface area contributed by atoms with Crippen molar-refractivity contribution in [2.75, 3.05) is 19.7 Å². The quantitative estimate of drug-likeness (QED) is 0.544. The lowest BCUT2D eigenvalue weighted by atomic mass is 10.2. The van der Waals surface area contributed by atoms with E-state index in [4.69, 9.17) is 4.74 Å². The molecule has 22 heavy (non-hydrogen) atoms. The molecule has 0 saturated carbocycles. The topological polar surface area (TPSA) is 45.7 Å². The third-order valence-corrected chi connectivity index (χ3v) is 3.41. The van der Waals surface area contributed by atoms with Crippen LogP contribution in [0.5, 0.6) is 0 Å². The van der Waals surface area contributed by atoms with Crippen LogP contribution in [-0.4, -0.2) is 31.7 Å². The van der Waals surface area contributed by atoms with Crippen LogP contribution in [0.15, 0.2) is 35.3 Å². The van der Waals surface area contributed by atoms with Crippen molar-refractivity contribution in [3.05, 3.63) is 35.9 Å². The van der Waals surface area contributed by atoms with Gasteiger partial charge in [-0.05, 0) is 31.7 Å². The van der Waals surface area contributed by atoms with Crippen molar-refractivity contribution < 1.29 is 4.74 Å². The molecule has 0 fully saturated rings. The number of nitrogens with one attached hydrogen (secondary N) is 2. The number of hydrogen-bond acceptors (Lipinski definition) is 2. The molecule has 0 aromatic heterocycles. The van der Waals surface area contributed by atoms with E-state index >= 15 is 0 Å². The highest BCUT2D eigenvalue weighted by Gasteiger charge is 2.05. The number of benzene rings is 1. The van der Waals surface area contributed by atoms with Gasteiger partial charge in [-0.1, -0.05) is 44.2 Å². The summed E-state index contributed by atoms with van der Waals surface area (Å²) < 4.78 is 5.77. The summed E-state index contributed by atoms with van der Waals surface area (Å²) in [5.41, 5.74) is 1.21. The highest BCUT2D eigenvalue weighted by molar-refractivity contribution is 5.80. The fourth-order valence-electron chi connectivity index (χ4n) is 1.91. The van der Waals surface area contributed by atoms with E-state index in [1.165, 1.54) is 5.56 Å². The summed E-state index contributed by atoms with van der Waals surface area (Å²) in [4.78, 5) is 4.64. The van der Waals surface area contributed by atoms with Crippen molar-refractivity contribution in [2.24, 2.45) is 10.9 Å². The van der Waals surface area contributed by atoms with Gasteiger partial charge in [0.05, 0.1) is 13.2 Å². The predicted molar refractivity (Wildman–Crippen MR) is 94.1 cm³/mol. The summed E-state index contributed by atoms with van der Waals surface area (Å²) in [5.74, 6) is 1.29. The van der Waals surface area contributed by atoms with Crippen molar-refractivity contribution >= 4 is 5.96 Å². The lowest BCUT2D eigenvalue weighted by Gasteiger charge is -2.17. The van der Waals surface area contributed by atoms with Crippen LogP contribution in [0.3, 0.4) is 0 Å². The van der Waals surface area contributed by atoms with E-state index in [9.17, 15) is 0 Å². The molecule has 0 amide bonds. The van der Waals surface area contributed by atoms with Gasteiger partial charge in [-0.25, -0.2) is 0 Å². The van der Waals surface area contributed by atoms with E-state index in [0.717, 1.165) is 32.1 Å². The molecule has 0 spiro atoms. The van der Waals surface area contributed by atoms with Crippen LogP contribution in [0.25, 0.3) is 0 Å². The summed E-state index contributed by atoms with van der Waals surface area (Å²) in [7, 11) is 0. The zero-order valence-corrected chi connectivity index (χ0v) is 14.4. The molecule has 1 aromatic rings. The minimum absolute atomic E-state index is 0.399. The van der Waals surface area contributed by atoms with Crippen LogP contribution in [-0.2, 0) is 11.3 Å². The smallest absolute Gasteiger partial charge is 0.191 e. The van der Waals surface area contributed by atoms with Gasteiger partial charge >= 0.3 is 0 Å². The van der Waals surface area contributed by atoms with E-state index in [0.29, 0.717) is 18.6 Å². The van der Waals surface area contributed by atoms with Gasteiger partial charge in [0.15, 0.2) is 5.96 Å². The molecule has 1 rings (SSSR count). The van der Waals surface area contributed by atoms with Crippen LogP contribution in [0.4, 0.5) is 0 Å². The average Bonchev–Trinajstić information content (AvgIpc) is 2.53. The number of ether oxygens (including phenoxy) is 1. The molecule has 124 valence electrons. The Morgan fingerprint density at radius 1 is 1.18 bits per heavy atom. The molecule has 4 nitrogen and oxygen atoms in total. The minimum Gasteiger partial charge on any atom is -0.376 e. The summed E-state index contributed by atoms with van der Waals surface area (Å²) in [6.07, 6.45) is 1.08. The maximum Gasteiger partial charge on any atom is 0.191 e. The van der Waals surface area contributed by atoms with Crippen molar-refractivity contribution in [3.63, 3.8) is 0 Å². The van der Waals surface area contributed by atoms with E-state index < -0.39 is 0 Å². The highest BCUT2D eigenvalue weighted by atomic mass is 16.5. The van der Waals surface area contributed by atoms with Gasteiger partial charge in [-0.15, -0.1) is 0 Å². The maximum absolute atomic E-state index is 5.77. The van der Waals surface area contributed by atoms with Crippen LogP contribution in [0.1, 0.15) is 39.7 Å². The lowest BCUT2D eigenvalue weighted by molar-refractivity contribution is 0.0945. The van der Waals surface area contributed by atoms with Crippen LogP contribution >= 0.6 is 0 Å². The van der Waals surface area contributed by atoms with Gasteiger partial charge in [0.25, 0.3) is 0 Å². The average molecular weight is 305 g/mol. The molecule has 2 unspecified atom stereocenters. The number of hydrogen-bond donors (Lipinski definition) is 2. The van der Waals surface area contributed by atoms with E-state index in [2.05, 4.69) is 55.5 Å². The number of rotatable bonds is 9. The largest absolute Gasteiger partial charge is 0.376 e. The Kier molecular flexibility index (Phi) is 9.31. The molecular formula is C18H31N3O. The first-order valence-electron chi connectivity index (χ1n) is 8.32. The molecule has 0 aliphatic heterocycles. The molecular weight excluding hydrogens is 274 g/mol. The first-order chi connectivity index (χ1) is 10.7. The number of guanidine groups is 1. The molecule has 0 heterocycles. The van der Waals surface area contributed by atoms with Gasteiger partial charge in [0, 0.05) is 19.1 Å². The van der Waals surface area contributed by atoms with Crippen LogP contribution in [0, 0.1) is 5.92 Å². The summed E-state index contributed by atoms with van der Waals surface area (Å²) in [5, 5.41) is 6.69. The predicted octanol–water partition coefficient (Wildman–Crippen LogP) is 3.19. The van der Waals surface area contributed by atoms with Crippen LogP contribution in [0.2, 0.25) is 0 Å². The molecule has 0 saturated heterocycles. The fourth-order valence-corrected chi connectivity index (χ4v) is 1.91. The zero-order valence-electron chi connectivity index (χ0n) is 14.4. The van der Waals surface area contributed by atoms with Gasteiger partial charge < -0.3 is 15.4 Å². The molecule has 1 aromatic carbocycles. The monoisotopic (exact) mass is 305 g/mol. The second-order valence-corrected chi connectivity index (χ2v) is 5.78. The third-order valence-electron chi connectivity index (χ3n) is 3.41. The first-order valence-corrected chi connectivity index (χ1v) is 8.32. The molecule has 0 radical (unpaired) electrons. The van der Waals surface area contributed by atoms with Crippen molar-refractivity contribution in [1.29, 1.82) is 0 Å². The van der Waals surface area contributed by atoms with Gasteiger partial charge in [0.2, 0.25) is 0 Å². The molecule has 2 atom stereocenters. The molecule has 0 aliphatic rings. The maximum atomic E-state index is 5.77. The second-order valence-electron chi connectivity index (χ2n) is 5.78. The Balaban J connectivity index is 2.32. The molecule has 4 heteroatoms. The van der Waals surface area contributed by atoms with Gasteiger partial charge in [-0.2, -0.15) is 0 Å². The fraction of sp³-hybridized carbons (Fsp3) is 0.611. The van der Waals surface area contributed by atoms with E-state index in [1.807, 2.05) is 18.2 Å². The van der Waals surface area contributed by atoms with E-state index in [1.54, 1.807) is 0 Å². The van der Waals surface area contributed by atoms with Gasteiger partial charge in [-0.3, -0.25) is 4.99 Å². The third kappa shape index (κ3) is 8.03.